The molecule has 2 fully saturated rings. The lowest BCUT2D eigenvalue weighted by atomic mass is 9.71. The van der Waals surface area contributed by atoms with Crippen molar-refractivity contribution in [2.45, 2.75) is 37.7 Å². The second-order valence-electron chi connectivity index (χ2n) is 5.66. The van der Waals surface area contributed by atoms with Gasteiger partial charge in [-0.1, -0.05) is 12.8 Å². The summed E-state index contributed by atoms with van der Waals surface area (Å²) in [7, 11) is 0. The van der Waals surface area contributed by atoms with Crippen LogP contribution >= 0.6 is 15.9 Å². The van der Waals surface area contributed by atoms with Gasteiger partial charge in [-0.05, 0) is 41.3 Å². The highest BCUT2D eigenvalue weighted by Crippen LogP contribution is 2.40. The topological polar surface area (TPSA) is 53.7 Å². The first-order chi connectivity index (χ1) is 9.10. The molecule has 0 bridgehead atoms. The number of hydrogen-bond donors (Lipinski definition) is 1. The number of carbonyl (C=O) groups is 1. The summed E-state index contributed by atoms with van der Waals surface area (Å²) in [5, 5.41) is 10.6. The number of nitrogens with zero attached hydrogens (tertiary/aromatic N) is 1. The van der Waals surface area contributed by atoms with Crippen LogP contribution in [-0.4, -0.2) is 34.6 Å². The van der Waals surface area contributed by atoms with Crippen LogP contribution in [-0.2, 0) is 0 Å². The van der Waals surface area contributed by atoms with Crippen LogP contribution in [0.4, 0.5) is 0 Å². The molecule has 1 saturated heterocycles. The SMILES string of the molecule is O=C(c1ccoc1Br)N1CCC2(O)CCCCC2C1. The molecule has 1 amide bonds. The van der Waals surface area contributed by atoms with Gasteiger partial charge in [0.2, 0.25) is 0 Å². The smallest absolute Gasteiger partial charge is 0.258 e. The maximum atomic E-state index is 12.4. The largest absolute Gasteiger partial charge is 0.457 e. The van der Waals surface area contributed by atoms with E-state index in [0.29, 0.717) is 29.7 Å². The van der Waals surface area contributed by atoms with Crippen LogP contribution in [0, 0.1) is 5.92 Å². The van der Waals surface area contributed by atoms with Crippen molar-refractivity contribution in [3.63, 3.8) is 0 Å². The molecular weight excluding hydrogens is 310 g/mol. The highest BCUT2D eigenvalue weighted by molar-refractivity contribution is 9.10. The van der Waals surface area contributed by atoms with Crippen LogP contribution in [0.2, 0.25) is 0 Å². The first kappa shape index (κ1) is 13.2. The number of halogens is 1. The van der Waals surface area contributed by atoms with Crippen molar-refractivity contribution >= 4 is 21.8 Å². The van der Waals surface area contributed by atoms with Crippen molar-refractivity contribution in [3.8, 4) is 0 Å². The summed E-state index contributed by atoms with van der Waals surface area (Å²) < 4.78 is 5.61. The van der Waals surface area contributed by atoms with Gasteiger partial charge in [0, 0.05) is 19.0 Å². The Kier molecular flexibility index (Phi) is 3.43. The lowest BCUT2D eigenvalue weighted by Gasteiger charge is -2.47. The Morgan fingerprint density at radius 2 is 2.32 bits per heavy atom. The molecule has 0 radical (unpaired) electrons. The predicted octanol–water partition coefficient (Wildman–Crippen LogP) is 2.81. The zero-order valence-electron chi connectivity index (χ0n) is 10.8. The van der Waals surface area contributed by atoms with E-state index >= 15 is 0 Å². The molecule has 3 rings (SSSR count). The Morgan fingerprint density at radius 3 is 3.05 bits per heavy atom. The molecule has 0 spiro atoms. The van der Waals surface area contributed by atoms with Crippen molar-refractivity contribution in [2.75, 3.05) is 13.1 Å². The van der Waals surface area contributed by atoms with Crippen molar-refractivity contribution in [3.05, 3.63) is 22.6 Å². The number of likely N-dealkylation sites (tertiary alicyclic amines) is 1. The van der Waals surface area contributed by atoms with E-state index in [-0.39, 0.29) is 11.8 Å². The van der Waals surface area contributed by atoms with Crippen molar-refractivity contribution in [2.24, 2.45) is 5.92 Å². The van der Waals surface area contributed by atoms with E-state index in [1.807, 2.05) is 4.90 Å². The van der Waals surface area contributed by atoms with E-state index in [4.69, 9.17) is 4.42 Å². The molecule has 1 aliphatic carbocycles. The molecule has 2 heterocycles. The van der Waals surface area contributed by atoms with Crippen molar-refractivity contribution < 1.29 is 14.3 Å². The van der Waals surface area contributed by atoms with Gasteiger partial charge in [-0.2, -0.15) is 0 Å². The van der Waals surface area contributed by atoms with E-state index in [9.17, 15) is 9.90 Å². The average Bonchev–Trinajstić information content (AvgIpc) is 2.83. The predicted molar refractivity (Wildman–Crippen MR) is 73.8 cm³/mol. The number of furan rings is 1. The third-order valence-corrected chi connectivity index (χ3v) is 5.18. The molecule has 2 atom stereocenters. The van der Waals surface area contributed by atoms with Gasteiger partial charge in [-0.15, -0.1) is 0 Å². The van der Waals surface area contributed by atoms with E-state index in [0.717, 1.165) is 25.7 Å². The summed E-state index contributed by atoms with van der Waals surface area (Å²) in [6.45, 7) is 1.29. The van der Waals surface area contributed by atoms with Gasteiger partial charge >= 0.3 is 0 Å². The number of piperidine rings is 1. The number of aliphatic hydroxyl groups is 1. The van der Waals surface area contributed by atoms with Gasteiger partial charge < -0.3 is 14.4 Å². The molecule has 1 aromatic heterocycles. The Morgan fingerprint density at radius 1 is 1.47 bits per heavy atom. The summed E-state index contributed by atoms with van der Waals surface area (Å²) in [4.78, 5) is 14.3. The minimum atomic E-state index is -0.539. The fraction of sp³-hybridized carbons (Fsp3) is 0.643. The number of fused-ring (bicyclic) bond motifs is 1. The zero-order valence-corrected chi connectivity index (χ0v) is 12.4. The van der Waals surface area contributed by atoms with E-state index < -0.39 is 5.60 Å². The number of amides is 1. The Bertz CT molecular complexity index is 487. The quantitative estimate of drug-likeness (QED) is 0.862. The molecule has 1 N–H and O–H groups in total. The number of rotatable bonds is 1. The Labute approximate surface area is 120 Å². The van der Waals surface area contributed by atoms with Gasteiger partial charge in [0.05, 0.1) is 17.4 Å². The van der Waals surface area contributed by atoms with E-state index in [1.165, 1.54) is 6.26 Å². The molecule has 0 aromatic carbocycles. The van der Waals surface area contributed by atoms with Crippen LogP contribution in [0.1, 0.15) is 42.5 Å². The lowest BCUT2D eigenvalue weighted by molar-refractivity contribution is -0.0886. The first-order valence-electron chi connectivity index (χ1n) is 6.85. The fourth-order valence-electron chi connectivity index (χ4n) is 3.37. The van der Waals surface area contributed by atoms with Gasteiger partial charge in [-0.25, -0.2) is 0 Å². The fourth-order valence-corrected chi connectivity index (χ4v) is 3.78. The summed E-state index contributed by atoms with van der Waals surface area (Å²) in [6, 6.07) is 1.69. The van der Waals surface area contributed by atoms with Gasteiger partial charge in [0.1, 0.15) is 0 Å². The number of carbonyl (C=O) groups excluding carboxylic acids is 1. The summed E-state index contributed by atoms with van der Waals surface area (Å²) in [5.41, 5.74) is 0.0316. The molecule has 19 heavy (non-hydrogen) atoms. The molecule has 1 aromatic rings. The minimum Gasteiger partial charge on any atom is -0.457 e. The molecular formula is C14H18BrNO3. The molecule has 1 saturated carbocycles. The molecule has 1 aliphatic heterocycles. The maximum Gasteiger partial charge on any atom is 0.258 e. The second kappa shape index (κ2) is 4.94. The van der Waals surface area contributed by atoms with Gasteiger partial charge in [0.15, 0.2) is 4.67 Å². The van der Waals surface area contributed by atoms with Crippen molar-refractivity contribution in [1.29, 1.82) is 0 Å². The molecule has 5 heteroatoms. The summed E-state index contributed by atoms with van der Waals surface area (Å²) in [5.74, 6) is 0.220. The lowest BCUT2D eigenvalue weighted by Crippen LogP contribution is -2.54. The average molecular weight is 328 g/mol. The first-order valence-corrected chi connectivity index (χ1v) is 7.64. The summed E-state index contributed by atoms with van der Waals surface area (Å²) in [6.07, 6.45) is 6.37. The van der Waals surface area contributed by atoms with Crippen molar-refractivity contribution in [1.82, 2.24) is 4.90 Å². The third kappa shape index (κ3) is 2.34. The number of hydrogen-bond acceptors (Lipinski definition) is 3. The van der Waals surface area contributed by atoms with Crippen LogP contribution in [0.5, 0.6) is 0 Å². The molecule has 4 nitrogen and oxygen atoms in total. The van der Waals surface area contributed by atoms with Gasteiger partial charge in [-0.3, -0.25) is 4.79 Å². The highest BCUT2D eigenvalue weighted by atomic mass is 79.9. The minimum absolute atomic E-state index is 0.00625. The standard InChI is InChI=1S/C14H18BrNO3/c15-12-11(4-8-19-12)13(17)16-7-6-14(18)5-2-1-3-10(14)9-16/h4,8,10,18H,1-3,5-7,9H2. The normalized spacial score (nSPS) is 31.1. The Balaban J connectivity index is 1.74. The van der Waals surface area contributed by atoms with Crippen LogP contribution in [0.25, 0.3) is 0 Å². The summed E-state index contributed by atoms with van der Waals surface area (Å²) >= 11 is 3.25. The van der Waals surface area contributed by atoms with Crippen LogP contribution < -0.4 is 0 Å². The van der Waals surface area contributed by atoms with Gasteiger partial charge in [0.25, 0.3) is 5.91 Å². The molecule has 104 valence electrons. The monoisotopic (exact) mass is 327 g/mol. The Hall–Kier alpha value is -0.810. The highest BCUT2D eigenvalue weighted by Gasteiger charge is 2.44. The molecule has 2 unspecified atom stereocenters. The maximum absolute atomic E-state index is 12.4. The van der Waals surface area contributed by atoms with Crippen LogP contribution in [0.3, 0.4) is 0 Å². The van der Waals surface area contributed by atoms with E-state index in [2.05, 4.69) is 15.9 Å². The molecule has 2 aliphatic rings. The third-order valence-electron chi connectivity index (χ3n) is 4.56. The van der Waals surface area contributed by atoms with Crippen LogP contribution in [0.15, 0.2) is 21.4 Å². The second-order valence-corrected chi connectivity index (χ2v) is 6.38. The zero-order chi connectivity index (χ0) is 13.5. The van der Waals surface area contributed by atoms with E-state index in [1.54, 1.807) is 6.07 Å².